The van der Waals surface area contributed by atoms with Gasteiger partial charge in [-0.25, -0.2) is 4.39 Å². The van der Waals surface area contributed by atoms with Crippen LogP contribution in [0.4, 0.5) is 4.39 Å². The Morgan fingerprint density at radius 1 is 1.25 bits per heavy atom. The molecular weight excluding hydrogens is 305 g/mol. The molecule has 5 heteroatoms. The maximum Gasteiger partial charge on any atom is 0.191 e. The molecule has 24 heavy (non-hydrogen) atoms. The molecule has 0 aromatic heterocycles. The van der Waals surface area contributed by atoms with Gasteiger partial charge in [0.25, 0.3) is 0 Å². The minimum Gasteiger partial charge on any atom is -0.385 e. The Morgan fingerprint density at radius 2 is 2.00 bits per heavy atom. The van der Waals surface area contributed by atoms with Gasteiger partial charge in [0, 0.05) is 33.4 Å². The highest BCUT2D eigenvalue weighted by Gasteiger charge is 2.36. The largest absolute Gasteiger partial charge is 0.385 e. The maximum absolute atomic E-state index is 12.9. The average Bonchev–Trinajstić information content (AvgIpc) is 2.55. The summed E-state index contributed by atoms with van der Waals surface area (Å²) in [6.45, 7) is 5.35. The fourth-order valence-corrected chi connectivity index (χ4v) is 3.05. The summed E-state index contributed by atoms with van der Waals surface area (Å²) in [5.41, 5.74) is 1.45. The molecule has 2 rings (SSSR count). The Hall–Kier alpha value is -1.62. The second-order valence-electron chi connectivity index (χ2n) is 6.59. The third-order valence-electron chi connectivity index (χ3n) is 4.79. The van der Waals surface area contributed by atoms with Crippen molar-refractivity contribution in [3.05, 3.63) is 35.6 Å². The van der Waals surface area contributed by atoms with E-state index in [0.29, 0.717) is 5.41 Å². The first kappa shape index (κ1) is 18.7. The summed E-state index contributed by atoms with van der Waals surface area (Å²) >= 11 is 0. The Bertz CT molecular complexity index is 512. The molecule has 0 spiro atoms. The molecule has 1 aliphatic rings. The normalized spacial score (nSPS) is 16.5. The Labute approximate surface area is 144 Å². The molecule has 1 aromatic rings. The quantitative estimate of drug-likeness (QED) is 0.538. The van der Waals surface area contributed by atoms with Crippen molar-refractivity contribution in [3.63, 3.8) is 0 Å². The Balaban J connectivity index is 1.82. The summed E-state index contributed by atoms with van der Waals surface area (Å²) in [4.78, 5) is 4.78. The summed E-state index contributed by atoms with van der Waals surface area (Å²) in [5.74, 6) is 0.673. The van der Waals surface area contributed by atoms with Crippen molar-refractivity contribution in [3.8, 4) is 0 Å². The highest BCUT2D eigenvalue weighted by Crippen LogP contribution is 2.44. The predicted octanol–water partition coefficient (Wildman–Crippen LogP) is 3.13. The first-order valence-electron chi connectivity index (χ1n) is 8.93. The highest BCUT2D eigenvalue weighted by atomic mass is 19.1. The number of nitrogens with one attached hydrogen (secondary N) is 2. The number of rotatable bonds is 9. The van der Waals surface area contributed by atoms with Gasteiger partial charge in [0.2, 0.25) is 0 Å². The molecule has 2 N–H and O–H groups in total. The molecule has 1 aliphatic carbocycles. The van der Waals surface area contributed by atoms with Crippen LogP contribution < -0.4 is 10.6 Å². The molecular formula is C19H30FN3O. The molecule has 0 aliphatic heterocycles. The third kappa shape index (κ3) is 5.78. The SMILES string of the molecule is CCNC(=NCC1(CCOC)CCC1)NCCc1ccc(F)cc1. The molecule has 4 nitrogen and oxygen atoms in total. The molecule has 0 unspecified atom stereocenters. The molecule has 0 heterocycles. The third-order valence-corrected chi connectivity index (χ3v) is 4.79. The number of aliphatic imine (C=N–C) groups is 1. The van der Waals surface area contributed by atoms with Crippen LogP contribution in [-0.4, -0.2) is 39.3 Å². The van der Waals surface area contributed by atoms with Crippen LogP contribution in [-0.2, 0) is 11.2 Å². The lowest BCUT2D eigenvalue weighted by atomic mass is 9.67. The van der Waals surface area contributed by atoms with Gasteiger partial charge in [0.1, 0.15) is 5.82 Å². The van der Waals surface area contributed by atoms with E-state index in [0.717, 1.165) is 50.6 Å². The fraction of sp³-hybridized carbons (Fsp3) is 0.632. The van der Waals surface area contributed by atoms with Crippen LogP contribution in [0, 0.1) is 11.2 Å². The van der Waals surface area contributed by atoms with Crippen LogP contribution in [0.3, 0.4) is 0 Å². The van der Waals surface area contributed by atoms with E-state index in [1.807, 2.05) is 12.1 Å². The van der Waals surface area contributed by atoms with Gasteiger partial charge in [-0.3, -0.25) is 4.99 Å². The zero-order chi connectivity index (χ0) is 17.3. The summed E-state index contributed by atoms with van der Waals surface area (Å²) in [6, 6.07) is 6.67. The van der Waals surface area contributed by atoms with Crippen LogP contribution in [0.15, 0.2) is 29.3 Å². The first-order chi connectivity index (χ1) is 11.7. The standard InChI is InChI=1S/C19H30FN3O/c1-3-21-18(22-13-9-16-5-7-17(20)8-6-16)23-15-19(10-4-11-19)12-14-24-2/h5-8H,3-4,9-15H2,1-2H3,(H2,21,22,23). The van der Waals surface area contributed by atoms with Crippen LogP contribution in [0.5, 0.6) is 0 Å². The Kier molecular flexibility index (Phi) is 7.50. The van der Waals surface area contributed by atoms with E-state index < -0.39 is 0 Å². The number of hydrogen-bond acceptors (Lipinski definition) is 2. The van der Waals surface area contributed by atoms with Crippen molar-refractivity contribution < 1.29 is 9.13 Å². The summed E-state index contributed by atoms with van der Waals surface area (Å²) in [5, 5.41) is 6.68. The van der Waals surface area contributed by atoms with Gasteiger partial charge in [0.15, 0.2) is 5.96 Å². The van der Waals surface area contributed by atoms with E-state index >= 15 is 0 Å². The lowest BCUT2D eigenvalue weighted by Crippen LogP contribution is -2.41. The van der Waals surface area contributed by atoms with Crippen LogP contribution in [0.1, 0.15) is 38.2 Å². The minimum atomic E-state index is -0.191. The molecule has 134 valence electrons. The number of nitrogens with zero attached hydrogens (tertiary/aromatic N) is 1. The minimum absolute atomic E-state index is 0.191. The van der Waals surface area contributed by atoms with E-state index in [1.165, 1.54) is 31.4 Å². The molecule has 0 amide bonds. The summed E-state index contributed by atoms with van der Waals surface area (Å²) in [6.07, 6.45) is 5.72. The topological polar surface area (TPSA) is 45.7 Å². The lowest BCUT2D eigenvalue weighted by Gasteiger charge is -2.40. The van der Waals surface area contributed by atoms with E-state index in [2.05, 4.69) is 17.6 Å². The second-order valence-corrected chi connectivity index (χ2v) is 6.59. The monoisotopic (exact) mass is 335 g/mol. The van der Waals surface area contributed by atoms with E-state index in [9.17, 15) is 4.39 Å². The first-order valence-corrected chi connectivity index (χ1v) is 8.93. The van der Waals surface area contributed by atoms with Crippen molar-refractivity contribution in [1.29, 1.82) is 0 Å². The van der Waals surface area contributed by atoms with Crippen molar-refractivity contribution in [2.75, 3.05) is 33.4 Å². The van der Waals surface area contributed by atoms with Gasteiger partial charge in [0.05, 0.1) is 0 Å². The smallest absolute Gasteiger partial charge is 0.191 e. The molecule has 0 bridgehead atoms. The van der Waals surface area contributed by atoms with Crippen molar-refractivity contribution in [2.45, 2.75) is 39.0 Å². The van der Waals surface area contributed by atoms with Crippen LogP contribution >= 0.6 is 0 Å². The van der Waals surface area contributed by atoms with Crippen molar-refractivity contribution in [2.24, 2.45) is 10.4 Å². The van der Waals surface area contributed by atoms with Crippen LogP contribution in [0.2, 0.25) is 0 Å². The molecule has 0 radical (unpaired) electrons. The van der Waals surface area contributed by atoms with Crippen molar-refractivity contribution in [1.82, 2.24) is 10.6 Å². The number of ether oxygens (including phenoxy) is 1. The van der Waals surface area contributed by atoms with E-state index in [1.54, 1.807) is 7.11 Å². The van der Waals surface area contributed by atoms with E-state index in [-0.39, 0.29) is 5.82 Å². The summed E-state index contributed by atoms with van der Waals surface area (Å²) in [7, 11) is 1.76. The molecule has 1 fully saturated rings. The fourth-order valence-electron chi connectivity index (χ4n) is 3.05. The maximum atomic E-state index is 12.9. The highest BCUT2D eigenvalue weighted by molar-refractivity contribution is 5.79. The number of methoxy groups -OCH3 is 1. The average molecular weight is 335 g/mol. The predicted molar refractivity (Wildman–Crippen MR) is 96.9 cm³/mol. The van der Waals surface area contributed by atoms with Gasteiger partial charge in [-0.05, 0) is 55.7 Å². The van der Waals surface area contributed by atoms with Gasteiger partial charge >= 0.3 is 0 Å². The Morgan fingerprint density at radius 3 is 2.58 bits per heavy atom. The van der Waals surface area contributed by atoms with Gasteiger partial charge in [-0.2, -0.15) is 0 Å². The van der Waals surface area contributed by atoms with Crippen LogP contribution in [0.25, 0.3) is 0 Å². The van der Waals surface area contributed by atoms with Gasteiger partial charge in [-0.1, -0.05) is 18.6 Å². The zero-order valence-corrected chi connectivity index (χ0v) is 14.9. The second kappa shape index (κ2) is 9.62. The molecule has 0 atom stereocenters. The van der Waals surface area contributed by atoms with Gasteiger partial charge < -0.3 is 15.4 Å². The zero-order valence-electron chi connectivity index (χ0n) is 14.9. The van der Waals surface area contributed by atoms with Crippen molar-refractivity contribution >= 4 is 5.96 Å². The summed E-state index contributed by atoms with van der Waals surface area (Å²) < 4.78 is 18.2. The number of hydrogen-bond donors (Lipinski definition) is 2. The molecule has 1 aromatic carbocycles. The molecule has 0 saturated heterocycles. The number of guanidine groups is 1. The molecule has 1 saturated carbocycles. The number of halogens is 1. The van der Waals surface area contributed by atoms with Gasteiger partial charge in [-0.15, -0.1) is 0 Å². The lowest BCUT2D eigenvalue weighted by molar-refractivity contribution is 0.0778. The number of benzene rings is 1. The van der Waals surface area contributed by atoms with E-state index in [4.69, 9.17) is 9.73 Å².